The summed E-state index contributed by atoms with van der Waals surface area (Å²) < 4.78 is 1.96. The molecule has 0 fully saturated rings. The summed E-state index contributed by atoms with van der Waals surface area (Å²) in [5.41, 5.74) is 4.98. The topological polar surface area (TPSA) is 73.6 Å². The molecule has 0 saturated carbocycles. The van der Waals surface area contributed by atoms with E-state index in [-0.39, 0.29) is 12.2 Å². The first-order valence-electron chi connectivity index (χ1n) is 8.29. The van der Waals surface area contributed by atoms with E-state index in [0.717, 1.165) is 27.9 Å². The highest BCUT2D eigenvalue weighted by atomic mass is 16.1. The van der Waals surface area contributed by atoms with Gasteiger partial charge < -0.3 is 4.57 Å². The third kappa shape index (κ3) is 3.09. The van der Waals surface area contributed by atoms with Crippen LogP contribution in [0.2, 0.25) is 0 Å². The highest BCUT2D eigenvalue weighted by Crippen LogP contribution is 2.23. The van der Waals surface area contributed by atoms with Crippen LogP contribution in [-0.4, -0.2) is 30.5 Å². The summed E-state index contributed by atoms with van der Waals surface area (Å²) in [5.74, 6) is 0.00643. The van der Waals surface area contributed by atoms with E-state index < -0.39 is 0 Å². The van der Waals surface area contributed by atoms with E-state index in [9.17, 15) is 4.79 Å². The highest BCUT2D eigenvalue weighted by molar-refractivity contribution is 5.97. The molecule has 0 spiro atoms. The van der Waals surface area contributed by atoms with E-state index in [1.807, 2.05) is 49.0 Å². The Morgan fingerprint density at radius 2 is 2.00 bits per heavy atom. The molecule has 128 valence electrons. The normalized spacial score (nSPS) is 11.0. The fourth-order valence-corrected chi connectivity index (χ4v) is 2.95. The molecule has 0 bridgehead atoms. The molecule has 3 heterocycles. The van der Waals surface area contributed by atoms with E-state index in [4.69, 9.17) is 0 Å². The summed E-state index contributed by atoms with van der Waals surface area (Å²) in [5, 5.41) is 9.41. The predicted molar refractivity (Wildman–Crippen MR) is 98.7 cm³/mol. The Bertz CT molecular complexity index is 1120. The van der Waals surface area contributed by atoms with Gasteiger partial charge in [-0.15, -0.1) is 0 Å². The number of hydrogen-bond donors (Lipinski definition) is 0. The predicted octanol–water partition coefficient (Wildman–Crippen LogP) is 3.16. The summed E-state index contributed by atoms with van der Waals surface area (Å²) in [4.78, 5) is 20.8. The summed E-state index contributed by atoms with van der Waals surface area (Å²) >= 11 is 0. The number of rotatable bonds is 4. The maximum absolute atomic E-state index is 12.5. The fraction of sp³-hybridized carbons (Fsp3) is 0.150. The number of fused-ring (bicyclic) bond motifs is 1. The second-order valence-corrected chi connectivity index (χ2v) is 6.28. The van der Waals surface area contributed by atoms with Gasteiger partial charge in [0.05, 0.1) is 35.8 Å². The smallest absolute Gasteiger partial charge is 0.169 e. The van der Waals surface area contributed by atoms with Gasteiger partial charge in [-0.3, -0.25) is 9.78 Å². The molecular weight excluding hydrogens is 326 g/mol. The number of nitrogens with zero attached hydrogens (tertiary/aromatic N) is 5. The molecule has 0 saturated heterocycles. The number of imidazole rings is 1. The first-order chi connectivity index (χ1) is 12.6. The Morgan fingerprint density at radius 1 is 1.12 bits per heavy atom. The van der Waals surface area contributed by atoms with Crippen LogP contribution in [0.15, 0.2) is 55.1 Å². The molecule has 0 unspecified atom stereocenters. The first kappa shape index (κ1) is 16.1. The lowest BCUT2D eigenvalue weighted by Crippen LogP contribution is -2.06. The molecule has 0 aliphatic rings. The van der Waals surface area contributed by atoms with Crippen molar-refractivity contribution < 1.29 is 4.79 Å². The second-order valence-electron chi connectivity index (χ2n) is 6.28. The fourth-order valence-electron chi connectivity index (χ4n) is 2.95. The van der Waals surface area contributed by atoms with Crippen LogP contribution in [0.3, 0.4) is 0 Å². The van der Waals surface area contributed by atoms with Crippen LogP contribution in [0, 0.1) is 6.92 Å². The van der Waals surface area contributed by atoms with Gasteiger partial charge in [-0.1, -0.05) is 6.07 Å². The van der Waals surface area contributed by atoms with Crippen molar-refractivity contribution >= 4 is 16.7 Å². The van der Waals surface area contributed by atoms with Crippen molar-refractivity contribution in [2.24, 2.45) is 7.05 Å². The van der Waals surface area contributed by atoms with Gasteiger partial charge >= 0.3 is 0 Å². The Hall–Kier alpha value is -3.41. The molecule has 3 aromatic heterocycles. The monoisotopic (exact) mass is 343 g/mol. The molecule has 0 aliphatic carbocycles. The largest absolute Gasteiger partial charge is 0.334 e. The van der Waals surface area contributed by atoms with Crippen LogP contribution < -0.4 is 0 Å². The average Bonchev–Trinajstić information content (AvgIpc) is 3.07. The summed E-state index contributed by atoms with van der Waals surface area (Å²) in [7, 11) is 1.96. The number of benzene rings is 1. The molecule has 4 aromatic rings. The van der Waals surface area contributed by atoms with Crippen LogP contribution in [-0.2, 0) is 13.5 Å². The van der Waals surface area contributed by atoms with Crippen molar-refractivity contribution in [3.8, 4) is 11.3 Å². The molecule has 0 atom stereocenters. The number of hydrogen-bond acceptors (Lipinski definition) is 5. The molecule has 0 amide bonds. The van der Waals surface area contributed by atoms with Gasteiger partial charge in [0.25, 0.3) is 0 Å². The summed E-state index contributed by atoms with van der Waals surface area (Å²) in [6, 6.07) is 11.4. The quantitative estimate of drug-likeness (QED) is 0.532. The zero-order valence-corrected chi connectivity index (χ0v) is 14.5. The second kappa shape index (κ2) is 6.48. The summed E-state index contributed by atoms with van der Waals surface area (Å²) in [6.07, 6.45) is 5.45. The standard InChI is InChI=1S/C20H17N5O/c1-13-7-15(5-6-22-13)20(26)10-17-9-16-8-14(3-4-18(16)24-23-17)19-11-21-12-25(19)2/h3-9,11-12H,10H2,1-2H3. The molecule has 6 nitrogen and oxygen atoms in total. The molecule has 1 aromatic carbocycles. The van der Waals surface area contributed by atoms with Gasteiger partial charge in [0.1, 0.15) is 0 Å². The van der Waals surface area contributed by atoms with Gasteiger partial charge in [-0.2, -0.15) is 10.2 Å². The van der Waals surface area contributed by atoms with Gasteiger partial charge in [0.15, 0.2) is 5.78 Å². The van der Waals surface area contributed by atoms with E-state index in [0.29, 0.717) is 11.3 Å². The lowest BCUT2D eigenvalue weighted by atomic mass is 10.0. The number of Topliss-reactive ketones (excluding diaryl/α,β-unsaturated/α-hetero) is 1. The zero-order valence-electron chi connectivity index (χ0n) is 14.5. The average molecular weight is 343 g/mol. The SMILES string of the molecule is Cc1cc(C(=O)Cc2cc3cc(-c4cncn4C)ccc3nn2)ccn1. The Morgan fingerprint density at radius 3 is 2.77 bits per heavy atom. The van der Waals surface area contributed by atoms with Gasteiger partial charge in [-0.05, 0) is 37.3 Å². The Balaban J connectivity index is 1.66. The van der Waals surface area contributed by atoms with Gasteiger partial charge in [0.2, 0.25) is 0 Å². The molecule has 0 radical (unpaired) electrons. The minimum atomic E-state index is 0.00643. The number of aromatic nitrogens is 5. The van der Waals surface area contributed by atoms with Gasteiger partial charge in [0, 0.05) is 35.5 Å². The molecule has 4 rings (SSSR count). The van der Waals surface area contributed by atoms with Crippen LogP contribution in [0.4, 0.5) is 0 Å². The molecule has 0 N–H and O–H groups in total. The van der Waals surface area contributed by atoms with E-state index in [1.165, 1.54) is 0 Å². The minimum absolute atomic E-state index is 0.00643. The van der Waals surface area contributed by atoms with Crippen molar-refractivity contribution in [2.45, 2.75) is 13.3 Å². The third-order valence-corrected chi connectivity index (χ3v) is 4.31. The van der Waals surface area contributed by atoms with Crippen LogP contribution in [0.5, 0.6) is 0 Å². The Labute approximate surface area is 150 Å². The molecular formula is C20H17N5O. The number of carbonyl (C=O) groups excluding carboxylic acids is 1. The van der Waals surface area contributed by atoms with Gasteiger partial charge in [-0.25, -0.2) is 4.98 Å². The lowest BCUT2D eigenvalue weighted by Gasteiger charge is -2.06. The van der Waals surface area contributed by atoms with Crippen molar-refractivity contribution in [1.29, 1.82) is 0 Å². The van der Waals surface area contributed by atoms with Crippen molar-refractivity contribution in [3.63, 3.8) is 0 Å². The molecule has 0 aliphatic heterocycles. The third-order valence-electron chi connectivity index (χ3n) is 4.31. The van der Waals surface area contributed by atoms with E-state index >= 15 is 0 Å². The molecule has 6 heteroatoms. The number of pyridine rings is 1. The highest BCUT2D eigenvalue weighted by Gasteiger charge is 2.11. The Kier molecular flexibility index (Phi) is 4.01. The van der Waals surface area contributed by atoms with E-state index in [1.54, 1.807) is 24.7 Å². The number of aryl methyl sites for hydroxylation is 2. The lowest BCUT2D eigenvalue weighted by molar-refractivity contribution is 0.0991. The zero-order chi connectivity index (χ0) is 18.1. The molecule has 26 heavy (non-hydrogen) atoms. The number of ketones is 1. The summed E-state index contributed by atoms with van der Waals surface area (Å²) in [6.45, 7) is 1.87. The minimum Gasteiger partial charge on any atom is -0.334 e. The van der Waals surface area contributed by atoms with Crippen LogP contribution in [0.25, 0.3) is 22.2 Å². The van der Waals surface area contributed by atoms with Crippen molar-refractivity contribution in [2.75, 3.05) is 0 Å². The van der Waals surface area contributed by atoms with Crippen LogP contribution >= 0.6 is 0 Å². The van der Waals surface area contributed by atoms with Crippen molar-refractivity contribution in [1.82, 2.24) is 24.7 Å². The maximum Gasteiger partial charge on any atom is 0.169 e. The first-order valence-corrected chi connectivity index (χ1v) is 8.29. The van der Waals surface area contributed by atoms with Crippen molar-refractivity contribution in [3.05, 3.63) is 72.1 Å². The maximum atomic E-state index is 12.5. The number of carbonyl (C=O) groups is 1. The van der Waals surface area contributed by atoms with Crippen LogP contribution in [0.1, 0.15) is 21.7 Å². The van der Waals surface area contributed by atoms with E-state index in [2.05, 4.69) is 20.2 Å².